The Labute approximate surface area is 91.1 Å². The molecule has 1 saturated carbocycles. The molecule has 0 aromatic rings. The predicted octanol–water partition coefficient (Wildman–Crippen LogP) is 1.95. The smallest absolute Gasteiger partial charge is 0.258 e. The third-order valence-corrected chi connectivity index (χ3v) is 2.49. The number of hydrazone groups is 1. The van der Waals surface area contributed by atoms with E-state index in [-0.39, 0.29) is 5.60 Å². The van der Waals surface area contributed by atoms with Crippen molar-refractivity contribution in [2.24, 2.45) is 5.10 Å². The fourth-order valence-electron chi connectivity index (χ4n) is 1.93. The summed E-state index contributed by atoms with van der Waals surface area (Å²) in [6.07, 6.45) is 5.92. The Hall–Kier alpha value is -0.860. The Morgan fingerprint density at radius 1 is 1.27 bits per heavy atom. The summed E-state index contributed by atoms with van der Waals surface area (Å²) >= 11 is 0. The molecule has 4 heteroatoms. The van der Waals surface area contributed by atoms with Crippen LogP contribution in [0.1, 0.15) is 46.5 Å². The van der Waals surface area contributed by atoms with E-state index in [1.54, 1.807) is 0 Å². The van der Waals surface area contributed by atoms with Gasteiger partial charge in [0.1, 0.15) is 0 Å². The van der Waals surface area contributed by atoms with Crippen molar-refractivity contribution in [1.82, 2.24) is 5.43 Å². The molecule has 1 aliphatic rings. The monoisotopic (exact) mass is 212 g/mol. The van der Waals surface area contributed by atoms with Crippen molar-refractivity contribution in [3.63, 3.8) is 0 Å². The van der Waals surface area contributed by atoms with Crippen LogP contribution in [0.15, 0.2) is 5.10 Å². The molecule has 15 heavy (non-hydrogen) atoms. The zero-order valence-corrected chi connectivity index (χ0v) is 9.75. The first-order valence-electron chi connectivity index (χ1n) is 5.51. The highest BCUT2D eigenvalue weighted by Gasteiger charge is 2.25. The van der Waals surface area contributed by atoms with Crippen LogP contribution in [0.3, 0.4) is 0 Å². The molecule has 0 bridgehead atoms. The van der Waals surface area contributed by atoms with Gasteiger partial charge in [0.25, 0.3) is 6.08 Å². The lowest BCUT2D eigenvalue weighted by Gasteiger charge is -2.32. The highest BCUT2D eigenvalue weighted by Crippen LogP contribution is 2.25. The minimum absolute atomic E-state index is 0.0636. The third kappa shape index (κ3) is 4.96. The molecule has 0 aromatic heterocycles. The lowest BCUT2D eigenvalue weighted by molar-refractivity contribution is -0.0759. The number of ether oxygens (including phenoxy) is 1. The molecule has 4 nitrogen and oxygen atoms in total. The lowest BCUT2D eigenvalue weighted by atomic mass is 9.93. The van der Waals surface area contributed by atoms with Crippen LogP contribution in [-0.2, 0) is 9.53 Å². The normalized spacial score (nSPS) is 26.9. The summed E-state index contributed by atoms with van der Waals surface area (Å²) in [7, 11) is 0. The van der Waals surface area contributed by atoms with Crippen molar-refractivity contribution >= 4 is 6.08 Å². The Balaban J connectivity index is 2.26. The molecule has 0 saturated heterocycles. The number of nitrogens with zero attached hydrogens (tertiary/aromatic N) is 1. The van der Waals surface area contributed by atoms with Crippen molar-refractivity contribution in [3.8, 4) is 0 Å². The molecule has 0 aromatic carbocycles. The van der Waals surface area contributed by atoms with E-state index in [2.05, 4.69) is 31.3 Å². The fraction of sp³-hybridized carbons (Fsp3) is 0.909. The van der Waals surface area contributed by atoms with Gasteiger partial charge in [0, 0.05) is 6.04 Å². The average molecular weight is 212 g/mol. The van der Waals surface area contributed by atoms with Crippen molar-refractivity contribution in [3.05, 3.63) is 0 Å². The SMILES string of the molecule is CC(C)(C)O[C@H]1CC[C@H](NN=C=O)CC1. The van der Waals surface area contributed by atoms with Gasteiger partial charge in [0.05, 0.1) is 11.7 Å². The average Bonchev–Trinajstić information content (AvgIpc) is 2.14. The van der Waals surface area contributed by atoms with Gasteiger partial charge in [-0.05, 0) is 46.5 Å². The fourth-order valence-corrected chi connectivity index (χ4v) is 1.93. The number of nitrogens with one attached hydrogen (secondary N) is 1. The molecular weight excluding hydrogens is 192 g/mol. The first-order valence-corrected chi connectivity index (χ1v) is 5.51. The van der Waals surface area contributed by atoms with Crippen LogP contribution in [0.5, 0.6) is 0 Å². The standard InChI is InChI=1S/C11H20N2O2/c1-11(2,3)15-10-6-4-9(5-7-10)13-12-8-14/h9-10,13H,4-7H2,1-3H3/t9-,10-. The summed E-state index contributed by atoms with van der Waals surface area (Å²) < 4.78 is 5.90. The Bertz CT molecular complexity index is 233. The zero-order chi connectivity index (χ0) is 11.3. The van der Waals surface area contributed by atoms with Gasteiger partial charge < -0.3 is 4.74 Å². The van der Waals surface area contributed by atoms with Crippen LogP contribution < -0.4 is 5.43 Å². The molecule has 0 atom stereocenters. The molecule has 1 rings (SSSR count). The quantitative estimate of drug-likeness (QED) is 0.442. The maximum absolute atomic E-state index is 9.92. The van der Waals surface area contributed by atoms with E-state index in [4.69, 9.17) is 4.74 Å². The summed E-state index contributed by atoms with van der Waals surface area (Å²) in [5.74, 6) is 0. The molecule has 0 spiro atoms. The topological polar surface area (TPSA) is 50.7 Å². The second kappa shape index (κ2) is 5.29. The summed E-state index contributed by atoms with van der Waals surface area (Å²) in [5, 5.41) is 3.40. The van der Waals surface area contributed by atoms with Gasteiger partial charge in [0.2, 0.25) is 0 Å². The van der Waals surface area contributed by atoms with Gasteiger partial charge in [-0.25, -0.2) is 4.79 Å². The molecule has 1 aliphatic carbocycles. The number of carbonyl (C=O) groups excluding carboxylic acids is 1. The Morgan fingerprint density at radius 2 is 1.87 bits per heavy atom. The summed E-state index contributed by atoms with van der Waals surface area (Å²) in [4.78, 5) is 9.92. The van der Waals surface area contributed by atoms with E-state index in [0.717, 1.165) is 25.7 Å². The number of hydrogen-bond donors (Lipinski definition) is 1. The van der Waals surface area contributed by atoms with Gasteiger partial charge in [-0.15, -0.1) is 0 Å². The number of rotatable bonds is 3. The highest BCUT2D eigenvalue weighted by molar-refractivity contribution is 5.32. The van der Waals surface area contributed by atoms with E-state index >= 15 is 0 Å². The van der Waals surface area contributed by atoms with Gasteiger partial charge in [0.15, 0.2) is 0 Å². The Morgan fingerprint density at radius 3 is 2.33 bits per heavy atom. The van der Waals surface area contributed by atoms with Crippen molar-refractivity contribution in [1.29, 1.82) is 0 Å². The molecule has 0 unspecified atom stereocenters. The molecule has 0 radical (unpaired) electrons. The van der Waals surface area contributed by atoms with Crippen LogP contribution in [0, 0.1) is 0 Å². The van der Waals surface area contributed by atoms with Gasteiger partial charge >= 0.3 is 0 Å². The molecule has 0 amide bonds. The minimum Gasteiger partial charge on any atom is -0.373 e. The van der Waals surface area contributed by atoms with Gasteiger partial charge in [-0.1, -0.05) is 5.10 Å². The second-order valence-corrected chi connectivity index (χ2v) is 5.04. The lowest BCUT2D eigenvalue weighted by Crippen LogP contribution is -2.36. The van der Waals surface area contributed by atoms with Crippen LogP contribution in [0.25, 0.3) is 0 Å². The maximum atomic E-state index is 9.92. The van der Waals surface area contributed by atoms with Gasteiger partial charge in [-0.2, -0.15) is 0 Å². The van der Waals surface area contributed by atoms with Crippen LogP contribution in [-0.4, -0.2) is 23.8 Å². The largest absolute Gasteiger partial charge is 0.373 e. The second-order valence-electron chi connectivity index (χ2n) is 5.04. The van der Waals surface area contributed by atoms with Crippen LogP contribution >= 0.6 is 0 Å². The molecule has 86 valence electrons. The van der Waals surface area contributed by atoms with Crippen molar-refractivity contribution < 1.29 is 9.53 Å². The predicted molar refractivity (Wildman–Crippen MR) is 58.1 cm³/mol. The summed E-state index contributed by atoms with van der Waals surface area (Å²) in [6, 6.07) is 0.311. The van der Waals surface area contributed by atoms with E-state index in [9.17, 15) is 4.79 Å². The first kappa shape index (κ1) is 12.2. The Kier molecular flexibility index (Phi) is 4.30. The van der Waals surface area contributed by atoms with E-state index in [1.165, 1.54) is 6.08 Å². The van der Waals surface area contributed by atoms with Gasteiger partial charge in [-0.3, -0.25) is 5.43 Å². The maximum Gasteiger partial charge on any atom is 0.258 e. The number of isocyanates is 1. The van der Waals surface area contributed by atoms with E-state index in [1.807, 2.05) is 0 Å². The molecular formula is C11H20N2O2. The molecule has 0 aliphatic heterocycles. The minimum atomic E-state index is -0.0636. The molecule has 1 fully saturated rings. The van der Waals surface area contributed by atoms with Crippen molar-refractivity contribution in [2.75, 3.05) is 0 Å². The van der Waals surface area contributed by atoms with Crippen LogP contribution in [0.2, 0.25) is 0 Å². The molecule has 1 N–H and O–H groups in total. The van der Waals surface area contributed by atoms with E-state index < -0.39 is 0 Å². The number of hydrogen-bond acceptors (Lipinski definition) is 4. The molecule has 0 heterocycles. The van der Waals surface area contributed by atoms with Crippen LogP contribution in [0.4, 0.5) is 0 Å². The first-order chi connectivity index (χ1) is 7.01. The highest BCUT2D eigenvalue weighted by atomic mass is 16.5. The summed E-state index contributed by atoms with van der Waals surface area (Å²) in [5.41, 5.74) is 2.74. The third-order valence-electron chi connectivity index (χ3n) is 2.49. The van der Waals surface area contributed by atoms with E-state index in [0.29, 0.717) is 12.1 Å². The van der Waals surface area contributed by atoms with Crippen molar-refractivity contribution in [2.45, 2.75) is 64.2 Å². The zero-order valence-electron chi connectivity index (χ0n) is 9.75. The summed E-state index contributed by atoms with van der Waals surface area (Å²) in [6.45, 7) is 6.23.